The van der Waals surface area contributed by atoms with Crippen molar-refractivity contribution in [2.45, 2.75) is 32.6 Å². The first-order valence-electron chi connectivity index (χ1n) is 5.39. The highest BCUT2D eigenvalue weighted by molar-refractivity contribution is 7.15. The number of hydrogen-bond donors (Lipinski definition) is 2. The molecule has 2 N–H and O–H groups in total. The molecule has 0 aliphatic heterocycles. The van der Waals surface area contributed by atoms with E-state index < -0.39 is 0 Å². The number of nitrogens with one attached hydrogen (secondary N) is 1. The van der Waals surface area contributed by atoms with Crippen LogP contribution in [0, 0.1) is 12.3 Å². The zero-order valence-corrected chi connectivity index (χ0v) is 9.81. The highest BCUT2D eigenvalue weighted by atomic mass is 32.1. The molecule has 1 heterocycles. The van der Waals surface area contributed by atoms with E-state index in [1.165, 1.54) is 19.3 Å². The fraction of sp³-hybridized carbons (Fsp3) is 0.800. The number of aromatic nitrogens is 2. The number of aliphatic hydroxyl groups is 1. The van der Waals surface area contributed by atoms with Gasteiger partial charge in [0.05, 0.1) is 0 Å². The lowest BCUT2D eigenvalue weighted by Gasteiger charge is -2.41. The van der Waals surface area contributed by atoms with Crippen molar-refractivity contribution in [3.05, 3.63) is 5.01 Å². The van der Waals surface area contributed by atoms with Crippen molar-refractivity contribution in [2.24, 2.45) is 5.41 Å². The third-order valence-corrected chi connectivity index (χ3v) is 3.99. The molecule has 1 aromatic heterocycles. The Morgan fingerprint density at radius 2 is 2.27 bits per heavy atom. The van der Waals surface area contributed by atoms with Crippen molar-refractivity contribution in [3.63, 3.8) is 0 Å². The molecule has 1 aliphatic carbocycles. The molecule has 1 fully saturated rings. The van der Waals surface area contributed by atoms with Gasteiger partial charge in [-0.15, -0.1) is 10.2 Å². The van der Waals surface area contributed by atoms with Gasteiger partial charge < -0.3 is 10.4 Å². The zero-order chi connectivity index (χ0) is 10.7. The minimum atomic E-state index is 0.289. The average Bonchev–Trinajstić information content (AvgIpc) is 2.56. The van der Waals surface area contributed by atoms with Crippen LogP contribution in [0.2, 0.25) is 0 Å². The maximum atomic E-state index is 9.02. The second-order valence-electron chi connectivity index (χ2n) is 4.31. The van der Waals surface area contributed by atoms with E-state index in [1.807, 2.05) is 6.92 Å². The van der Waals surface area contributed by atoms with E-state index >= 15 is 0 Å². The summed E-state index contributed by atoms with van der Waals surface area (Å²) < 4.78 is 0. The summed E-state index contributed by atoms with van der Waals surface area (Å²) in [7, 11) is 0. The van der Waals surface area contributed by atoms with E-state index in [4.69, 9.17) is 5.11 Å². The summed E-state index contributed by atoms with van der Waals surface area (Å²) in [6, 6.07) is 0. The van der Waals surface area contributed by atoms with Gasteiger partial charge in [0, 0.05) is 13.2 Å². The summed E-state index contributed by atoms with van der Waals surface area (Å²) in [5.41, 5.74) is 0.314. The molecule has 4 nitrogen and oxygen atoms in total. The smallest absolute Gasteiger partial charge is 0.205 e. The van der Waals surface area contributed by atoms with Gasteiger partial charge in [-0.2, -0.15) is 0 Å². The molecule has 0 aromatic carbocycles. The van der Waals surface area contributed by atoms with E-state index in [2.05, 4.69) is 15.5 Å². The standard InChI is InChI=1S/C10H17N3OS/c1-8-12-13-9(15-8)11-7-10(5-6-14)3-2-4-10/h14H,2-7H2,1H3,(H,11,13). The number of hydrogen-bond acceptors (Lipinski definition) is 5. The van der Waals surface area contributed by atoms with Crippen LogP contribution in [0.5, 0.6) is 0 Å². The minimum Gasteiger partial charge on any atom is -0.396 e. The van der Waals surface area contributed by atoms with Crippen LogP contribution in [0.4, 0.5) is 5.13 Å². The molecule has 0 bridgehead atoms. The highest BCUT2D eigenvalue weighted by Gasteiger charge is 2.36. The summed E-state index contributed by atoms with van der Waals surface area (Å²) in [6.07, 6.45) is 4.63. The van der Waals surface area contributed by atoms with Gasteiger partial charge >= 0.3 is 0 Å². The van der Waals surface area contributed by atoms with Crippen LogP contribution in [0.25, 0.3) is 0 Å². The molecular formula is C10H17N3OS. The third kappa shape index (κ3) is 2.46. The summed E-state index contributed by atoms with van der Waals surface area (Å²) in [5, 5.41) is 22.2. The Hall–Kier alpha value is -0.680. The molecular weight excluding hydrogens is 210 g/mol. The molecule has 0 amide bonds. The normalized spacial score (nSPS) is 18.5. The van der Waals surface area contributed by atoms with Crippen LogP contribution in [0.3, 0.4) is 0 Å². The Labute approximate surface area is 93.7 Å². The fourth-order valence-corrected chi connectivity index (χ4v) is 2.65. The lowest BCUT2D eigenvalue weighted by atomic mass is 9.67. The Balaban J connectivity index is 1.86. The Morgan fingerprint density at radius 3 is 2.73 bits per heavy atom. The molecule has 0 radical (unpaired) electrons. The molecule has 2 rings (SSSR count). The Morgan fingerprint density at radius 1 is 1.47 bits per heavy atom. The van der Waals surface area contributed by atoms with Crippen LogP contribution < -0.4 is 5.32 Å². The molecule has 1 aromatic rings. The first-order chi connectivity index (χ1) is 7.24. The quantitative estimate of drug-likeness (QED) is 0.805. The topological polar surface area (TPSA) is 58.0 Å². The lowest BCUT2D eigenvalue weighted by molar-refractivity contribution is 0.102. The molecule has 1 saturated carbocycles. The van der Waals surface area contributed by atoms with Gasteiger partial charge in [-0.25, -0.2) is 0 Å². The summed E-state index contributed by atoms with van der Waals surface area (Å²) in [4.78, 5) is 0. The minimum absolute atomic E-state index is 0.289. The van der Waals surface area contributed by atoms with Crippen molar-refractivity contribution in [1.29, 1.82) is 0 Å². The predicted molar refractivity (Wildman–Crippen MR) is 61.1 cm³/mol. The van der Waals surface area contributed by atoms with Crippen LogP contribution in [-0.2, 0) is 0 Å². The van der Waals surface area contributed by atoms with E-state index in [0.717, 1.165) is 23.1 Å². The third-order valence-electron chi connectivity index (χ3n) is 3.20. The molecule has 0 atom stereocenters. The SMILES string of the molecule is Cc1nnc(NCC2(CCO)CCC2)s1. The molecule has 0 spiro atoms. The second kappa shape index (κ2) is 4.45. The molecule has 0 saturated heterocycles. The lowest BCUT2D eigenvalue weighted by Crippen LogP contribution is -2.37. The summed E-state index contributed by atoms with van der Waals surface area (Å²) in [5.74, 6) is 0. The van der Waals surface area contributed by atoms with E-state index in [0.29, 0.717) is 5.41 Å². The van der Waals surface area contributed by atoms with Crippen molar-refractivity contribution in [3.8, 4) is 0 Å². The molecule has 15 heavy (non-hydrogen) atoms. The monoisotopic (exact) mass is 227 g/mol. The van der Waals surface area contributed by atoms with Gasteiger partial charge in [0.25, 0.3) is 0 Å². The second-order valence-corrected chi connectivity index (χ2v) is 5.49. The molecule has 1 aliphatic rings. The van der Waals surface area contributed by atoms with Crippen LogP contribution in [0.15, 0.2) is 0 Å². The summed E-state index contributed by atoms with van der Waals surface area (Å²) >= 11 is 1.59. The largest absolute Gasteiger partial charge is 0.396 e. The molecule has 5 heteroatoms. The molecule has 84 valence electrons. The Bertz CT molecular complexity index is 322. The maximum absolute atomic E-state index is 9.02. The van der Waals surface area contributed by atoms with Gasteiger partial charge in [-0.3, -0.25) is 0 Å². The Kier molecular flexibility index (Phi) is 3.21. The van der Waals surface area contributed by atoms with Crippen LogP contribution in [-0.4, -0.2) is 28.5 Å². The van der Waals surface area contributed by atoms with Crippen molar-refractivity contribution >= 4 is 16.5 Å². The van der Waals surface area contributed by atoms with Crippen LogP contribution >= 0.6 is 11.3 Å². The number of aryl methyl sites for hydroxylation is 1. The van der Waals surface area contributed by atoms with Crippen molar-refractivity contribution < 1.29 is 5.11 Å². The molecule has 0 unspecified atom stereocenters. The van der Waals surface area contributed by atoms with E-state index in [-0.39, 0.29) is 6.61 Å². The zero-order valence-electron chi connectivity index (χ0n) is 8.99. The number of rotatable bonds is 5. The van der Waals surface area contributed by atoms with Crippen molar-refractivity contribution in [1.82, 2.24) is 10.2 Å². The average molecular weight is 227 g/mol. The van der Waals surface area contributed by atoms with Gasteiger partial charge in [-0.1, -0.05) is 17.8 Å². The fourth-order valence-electron chi connectivity index (χ4n) is 2.06. The number of nitrogens with zero attached hydrogens (tertiary/aromatic N) is 2. The number of aliphatic hydroxyl groups excluding tert-OH is 1. The summed E-state index contributed by atoms with van der Waals surface area (Å²) in [6.45, 7) is 3.16. The first-order valence-corrected chi connectivity index (χ1v) is 6.21. The highest BCUT2D eigenvalue weighted by Crippen LogP contribution is 2.43. The maximum Gasteiger partial charge on any atom is 0.205 e. The van der Waals surface area contributed by atoms with Gasteiger partial charge in [0.2, 0.25) is 5.13 Å². The number of anilines is 1. The van der Waals surface area contributed by atoms with E-state index in [9.17, 15) is 0 Å². The van der Waals surface area contributed by atoms with Crippen LogP contribution in [0.1, 0.15) is 30.7 Å². The van der Waals surface area contributed by atoms with E-state index in [1.54, 1.807) is 11.3 Å². The van der Waals surface area contributed by atoms with Gasteiger partial charge in [0.1, 0.15) is 5.01 Å². The predicted octanol–water partition coefficient (Wildman–Crippen LogP) is 1.81. The van der Waals surface area contributed by atoms with Gasteiger partial charge in [0.15, 0.2) is 0 Å². The van der Waals surface area contributed by atoms with Gasteiger partial charge in [-0.05, 0) is 31.6 Å². The van der Waals surface area contributed by atoms with Crippen molar-refractivity contribution in [2.75, 3.05) is 18.5 Å². The first kappa shape index (κ1) is 10.8.